The van der Waals surface area contributed by atoms with Crippen LogP contribution in [0.3, 0.4) is 0 Å². The Bertz CT molecular complexity index is 1180. The van der Waals surface area contributed by atoms with Crippen molar-refractivity contribution in [2.24, 2.45) is 0 Å². The number of anilines is 2. The molecule has 3 aromatic rings. The predicted octanol–water partition coefficient (Wildman–Crippen LogP) is 3.28. The highest BCUT2D eigenvalue weighted by atomic mass is 32.2. The highest BCUT2D eigenvalue weighted by Gasteiger charge is 2.17. The number of carbonyl (C=O) groups is 2. The fourth-order valence-electron chi connectivity index (χ4n) is 3.01. The Hall–Kier alpha value is -3.65. The van der Waals surface area contributed by atoms with Crippen LogP contribution in [0.1, 0.15) is 26.3 Å². The summed E-state index contributed by atoms with van der Waals surface area (Å²) in [4.78, 5) is 25.5. The molecule has 0 unspecified atom stereocenters. The summed E-state index contributed by atoms with van der Waals surface area (Å²) in [5, 5.41) is 5.57. The maximum atomic E-state index is 12.8. The van der Waals surface area contributed by atoms with Crippen molar-refractivity contribution in [3.8, 4) is 0 Å². The van der Waals surface area contributed by atoms with Gasteiger partial charge < -0.3 is 10.6 Å². The zero-order valence-electron chi connectivity index (χ0n) is 17.0. The molecule has 7 nitrogen and oxygen atoms in total. The van der Waals surface area contributed by atoms with Gasteiger partial charge in [0.15, 0.2) is 0 Å². The monoisotopic (exact) mass is 437 g/mol. The van der Waals surface area contributed by atoms with Crippen molar-refractivity contribution in [3.63, 3.8) is 0 Å². The van der Waals surface area contributed by atoms with Crippen LogP contribution in [-0.4, -0.2) is 33.0 Å². The van der Waals surface area contributed by atoms with E-state index in [0.29, 0.717) is 24.2 Å². The molecule has 8 heteroatoms. The maximum Gasteiger partial charge on any atom is 0.257 e. The molecule has 160 valence electrons. The first-order valence-corrected chi connectivity index (χ1v) is 11.5. The molecule has 2 amide bonds. The van der Waals surface area contributed by atoms with E-state index in [1.54, 1.807) is 36.4 Å². The number of rotatable bonds is 8. The minimum Gasteiger partial charge on any atom is -0.352 e. The lowest BCUT2D eigenvalue weighted by Crippen LogP contribution is -2.27. The first kappa shape index (κ1) is 22.0. The molecule has 0 heterocycles. The van der Waals surface area contributed by atoms with Crippen LogP contribution in [0.15, 0.2) is 78.9 Å². The first-order chi connectivity index (χ1) is 14.8. The number of nitrogens with one attached hydrogen (secondary N) is 3. The molecule has 0 radical (unpaired) electrons. The highest BCUT2D eigenvalue weighted by Crippen LogP contribution is 2.20. The van der Waals surface area contributed by atoms with E-state index in [1.165, 1.54) is 12.1 Å². The minimum absolute atomic E-state index is 0.146. The van der Waals surface area contributed by atoms with Gasteiger partial charge in [-0.05, 0) is 36.2 Å². The van der Waals surface area contributed by atoms with E-state index in [9.17, 15) is 18.0 Å². The number of para-hydroxylation sites is 2. The number of hydrogen-bond donors (Lipinski definition) is 3. The van der Waals surface area contributed by atoms with Crippen molar-refractivity contribution in [2.45, 2.75) is 6.42 Å². The molecule has 0 spiro atoms. The molecule has 3 aromatic carbocycles. The topological polar surface area (TPSA) is 104 Å². The third-order valence-electron chi connectivity index (χ3n) is 4.43. The van der Waals surface area contributed by atoms with Crippen LogP contribution < -0.4 is 15.4 Å². The number of hydrogen-bond acceptors (Lipinski definition) is 4. The van der Waals surface area contributed by atoms with E-state index in [2.05, 4.69) is 15.4 Å². The van der Waals surface area contributed by atoms with Crippen molar-refractivity contribution in [1.82, 2.24) is 5.32 Å². The predicted molar refractivity (Wildman–Crippen MR) is 122 cm³/mol. The van der Waals surface area contributed by atoms with Gasteiger partial charge in [-0.3, -0.25) is 14.3 Å². The summed E-state index contributed by atoms with van der Waals surface area (Å²) < 4.78 is 25.5. The quantitative estimate of drug-likeness (QED) is 0.503. The number of sulfonamides is 1. The van der Waals surface area contributed by atoms with Crippen LogP contribution in [0.5, 0.6) is 0 Å². The van der Waals surface area contributed by atoms with Gasteiger partial charge in [0.05, 0.1) is 28.8 Å². The second kappa shape index (κ2) is 9.90. The summed E-state index contributed by atoms with van der Waals surface area (Å²) in [5.74, 6) is -0.842. The van der Waals surface area contributed by atoms with E-state index < -0.39 is 15.9 Å². The van der Waals surface area contributed by atoms with Gasteiger partial charge in [-0.25, -0.2) is 8.42 Å². The molecular formula is C23H23N3O4S. The van der Waals surface area contributed by atoms with Crippen LogP contribution in [0, 0.1) is 0 Å². The smallest absolute Gasteiger partial charge is 0.257 e. The summed E-state index contributed by atoms with van der Waals surface area (Å²) in [6, 6.07) is 22.7. The fraction of sp³-hybridized carbons (Fsp3) is 0.130. The molecule has 3 N–H and O–H groups in total. The Morgan fingerprint density at radius 1 is 0.742 bits per heavy atom. The molecule has 0 aliphatic rings. The van der Waals surface area contributed by atoms with Gasteiger partial charge in [-0.15, -0.1) is 0 Å². The number of amides is 2. The Morgan fingerprint density at radius 3 is 1.94 bits per heavy atom. The van der Waals surface area contributed by atoms with E-state index in [4.69, 9.17) is 0 Å². The summed E-state index contributed by atoms with van der Waals surface area (Å²) in [6.07, 6.45) is 1.70. The number of benzene rings is 3. The molecule has 0 bridgehead atoms. The molecule has 0 atom stereocenters. The lowest BCUT2D eigenvalue weighted by atomic mass is 10.1. The Kier molecular flexibility index (Phi) is 7.04. The summed E-state index contributed by atoms with van der Waals surface area (Å²) in [6.45, 7) is 0.451. The molecule has 3 rings (SSSR count). The molecule has 0 aliphatic carbocycles. The van der Waals surface area contributed by atoms with Crippen LogP contribution in [0.2, 0.25) is 0 Å². The lowest BCUT2D eigenvalue weighted by Gasteiger charge is -2.14. The Balaban J connectivity index is 1.72. The Labute approximate surface area is 181 Å². The van der Waals surface area contributed by atoms with Gasteiger partial charge in [-0.2, -0.15) is 0 Å². The van der Waals surface area contributed by atoms with Crippen LogP contribution in [-0.2, 0) is 16.4 Å². The molecule has 0 aliphatic heterocycles. The van der Waals surface area contributed by atoms with Crippen LogP contribution in [0.25, 0.3) is 0 Å². The van der Waals surface area contributed by atoms with Gasteiger partial charge in [-0.1, -0.05) is 54.6 Å². The molecule has 31 heavy (non-hydrogen) atoms. The van der Waals surface area contributed by atoms with Crippen LogP contribution >= 0.6 is 0 Å². The van der Waals surface area contributed by atoms with Crippen molar-refractivity contribution in [2.75, 3.05) is 22.8 Å². The summed E-state index contributed by atoms with van der Waals surface area (Å²) >= 11 is 0. The summed E-state index contributed by atoms with van der Waals surface area (Å²) in [7, 11) is -3.55. The fourth-order valence-corrected chi connectivity index (χ4v) is 3.59. The lowest BCUT2D eigenvalue weighted by molar-refractivity contribution is 0.0955. The van der Waals surface area contributed by atoms with E-state index in [-0.39, 0.29) is 17.2 Å². The largest absolute Gasteiger partial charge is 0.352 e. The van der Waals surface area contributed by atoms with E-state index in [1.807, 2.05) is 30.3 Å². The zero-order chi connectivity index (χ0) is 22.3. The molecule has 0 fully saturated rings. The van der Waals surface area contributed by atoms with E-state index in [0.717, 1.165) is 11.8 Å². The molecular weight excluding hydrogens is 414 g/mol. The second-order valence-electron chi connectivity index (χ2n) is 6.91. The third-order valence-corrected chi connectivity index (χ3v) is 5.02. The highest BCUT2D eigenvalue weighted by molar-refractivity contribution is 7.92. The van der Waals surface area contributed by atoms with Gasteiger partial charge in [0.2, 0.25) is 10.0 Å². The van der Waals surface area contributed by atoms with Gasteiger partial charge in [0.25, 0.3) is 11.8 Å². The van der Waals surface area contributed by atoms with Crippen molar-refractivity contribution in [1.29, 1.82) is 0 Å². The molecule has 0 saturated heterocycles. The van der Waals surface area contributed by atoms with Crippen LogP contribution in [0.4, 0.5) is 11.4 Å². The average molecular weight is 438 g/mol. The van der Waals surface area contributed by atoms with E-state index >= 15 is 0 Å². The maximum absolute atomic E-state index is 12.8. The van der Waals surface area contributed by atoms with Gasteiger partial charge in [0.1, 0.15) is 0 Å². The van der Waals surface area contributed by atoms with Gasteiger partial charge in [0, 0.05) is 6.54 Å². The van der Waals surface area contributed by atoms with Crippen molar-refractivity contribution < 1.29 is 18.0 Å². The van der Waals surface area contributed by atoms with Crippen molar-refractivity contribution >= 4 is 33.2 Å². The SMILES string of the molecule is CS(=O)(=O)Nc1ccccc1C(=O)Nc1ccccc1C(=O)NCCc1ccccc1. The van der Waals surface area contributed by atoms with Crippen molar-refractivity contribution in [3.05, 3.63) is 95.6 Å². The molecule has 0 saturated carbocycles. The molecule has 0 aromatic heterocycles. The average Bonchev–Trinajstić information content (AvgIpc) is 2.74. The third kappa shape index (κ3) is 6.42. The second-order valence-corrected chi connectivity index (χ2v) is 8.66. The zero-order valence-corrected chi connectivity index (χ0v) is 17.8. The first-order valence-electron chi connectivity index (χ1n) is 9.63. The number of carbonyl (C=O) groups excluding carboxylic acids is 2. The standard InChI is InChI=1S/C23H23N3O4S/c1-31(29,30)26-21-14-8-6-12-19(21)23(28)25-20-13-7-5-11-18(20)22(27)24-16-15-17-9-3-2-4-10-17/h2-14,26H,15-16H2,1H3,(H,24,27)(H,25,28). The normalized spacial score (nSPS) is 10.9. The minimum atomic E-state index is -3.55. The van der Waals surface area contributed by atoms with Gasteiger partial charge >= 0.3 is 0 Å². The summed E-state index contributed by atoms with van der Waals surface area (Å²) in [5.41, 5.74) is 2.07. The Morgan fingerprint density at radius 2 is 1.29 bits per heavy atom.